The van der Waals surface area contributed by atoms with Gasteiger partial charge < -0.3 is 0 Å². The monoisotopic (exact) mass is 274 g/mol. The molecule has 3 heteroatoms. The molecular formula is C16H22N2S. The molecule has 0 N–H and O–H groups in total. The normalized spacial score (nSPS) is 10.9. The number of hydrogen-bond donors (Lipinski definition) is 0. The van der Waals surface area contributed by atoms with E-state index in [1.807, 2.05) is 13.8 Å². The molecule has 0 radical (unpaired) electrons. The second-order valence-electron chi connectivity index (χ2n) is 5.03. The number of nitrogens with zero attached hydrogens (tertiary/aromatic N) is 2. The summed E-state index contributed by atoms with van der Waals surface area (Å²) in [4.78, 5) is 10.3. The molecule has 0 aliphatic rings. The lowest BCUT2D eigenvalue weighted by atomic mass is 10.1. The lowest BCUT2D eigenvalue weighted by molar-refractivity contribution is 0.668. The highest BCUT2D eigenvalue weighted by molar-refractivity contribution is 7.13. The van der Waals surface area contributed by atoms with Crippen molar-refractivity contribution in [3.63, 3.8) is 0 Å². The van der Waals surface area contributed by atoms with Crippen molar-refractivity contribution in [2.75, 3.05) is 0 Å². The maximum Gasteiger partial charge on any atom is 0.126 e. The Kier molecular flexibility index (Phi) is 5.08. The molecule has 0 spiro atoms. The Labute approximate surface area is 119 Å². The Morgan fingerprint density at radius 2 is 1.95 bits per heavy atom. The van der Waals surface area contributed by atoms with E-state index in [1.165, 1.54) is 42.5 Å². The summed E-state index contributed by atoms with van der Waals surface area (Å²) in [5, 5.41) is 2.18. The van der Waals surface area contributed by atoms with E-state index in [0.29, 0.717) is 0 Å². The number of thiophene rings is 1. The second kappa shape index (κ2) is 6.80. The predicted octanol–water partition coefficient (Wildman–Crippen LogP) is 4.94. The predicted molar refractivity (Wildman–Crippen MR) is 82.7 cm³/mol. The first-order valence-electron chi connectivity index (χ1n) is 7.09. The van der Waals surface area contributed by atoms with Crippen LogP contribution in [-0.4, -0.2) is 9.97 Å². The molecule has 2 aromatic heterocycles. The minimum atomic E-state index is 0.861. The first kappa shape index (κ1) is 14.2. The zero-order valence-electron chi connectivity index (χ0n) is 12.1. The van der Waals surface area contributed by atoms with Crippen LogP contribution in [0.3, 0.4) is 0 Å². The van der Waals surface area contributed by atoms with Crippen molar-refractivity contribution in [3.8, 4) is 10.6 Å². The molecule has 102 valence electrons. The van der Waals surface area contributed by atoms with E-state index in [4.69, 9.17) is 0 Å². The summed E-state index contributed by atoms with van der Waals surface area (Å²) in [5.41, 5.74) is 3.58. The van der Waals surface area contributed by atoms with Gasteiger partial charge in [-0.3, -0.25) is 0 Å². The van der Waals surface area contributed by atoms with Crippen LogP contribution in [0.4, 0.5) is 0 Å². The van der Waals surface area contributed by atoms with Crippen molar-refractivity contribution < 1.29 is 0 Å². The molecule has 0 aliphatic heterocycles. The molecule has 2 heterocycles. The van der Waals surface area contributed by atoms with Crippen molar-refractivity contribution in [1.82, 2.24) is 9.97 Å². The molecule has 2 nitrogen and oxygen atoms in total. The third-order valence-corrected chi connectivity index (χ3v) is 4.22. The minimum Gasteiger partial charge on any atom is -0.239 e. The smallest absolute Gasteiger partial charge is 0.126 e. The average Bonchev–Trinajstić information content (AvgIpc) is 2.82. The molecule has 0 fully saturated rings. The molecule has 2 rings (SSSR count). The van der Waals surface area contributed by atoms with Gasteiger partial charge in [-0.15, -0.1) is 11.3 Å². The van der Waals surface area contributed by atoms with Gasteiger partial charge in [-0.2, -0.15) is 0 Å². The lowest BCUT2D eigenvalue weighted by Crippen LogP contribution is -1.94. The number of aromatic nitrogens is 2. The standard InChI is InChI=1S/C16H22N2S/c1-4-5-6-7-8-14-9-10-19-16(14)15-11-12(2)17-13(3)18-15/h9-11H,4-8H2,1-3H3. The van der Waals surface area contributed by atoms with Crippen LogP contribution in [0, 0.1) is 13.8 Å². The van der Waals surface area contributed by atoms with Crippen LogP contribution >= 0.6 is 11.3 Å². The molecular weight excluding hydrogens is 252 g/mol. The van der Waals surface area contributed by atoms with E-state index in [9.17, 15) is 0 Å². The molecule has 0 saturated heterocycles. The first-order valence-corrected chi connectivity index (χ1v) is 7.97. The van der Waals surface area contributed by atoms with Gasteiger partial charge in [0.05, 0.1) is 10.6 Å². The Hall–Kier alpha value is -1.22. The maximum absolute atomic E-state index is 4.58. The average molecular weight is 274 g/mol. The van der Waals surface area contributed by atoms with Crippen molar-refractivity contribution in [3.05, 3.63) is 34.6 Å². The number of rotatable bonds is 6. The van der Waals surface area contributed by atoms with Crippen LogP contribution < -0.4 is 0 Å². The molecule has 0 aromatic carbocycles. The summed E-state index contributed by atoms with van der Waals surface area (Å²) < 4.78 is 0. The van der Waals surface area contributed by atoms with Gasteiger partial charge in [-0.05, 0) is 49.8 Å². The van der Waals surface area contributed by atoms with Crippen LogP contribution in [0.15, 0.2) is 17.5 Å². The van der Waals surface area contributed by atoms with Gasteiger partial charge in [0.25, 0.3) is 0 Å². The van der Waals surface area contributed by atoms with Crippen molar-refractivity contribution in [2.24, 2.45) is 0 Å². The van der Waals surface area contributed by atoms with Crippen LogP contribution in [0.2, 0.25) is 0 Å². The third kappa shape index (κ3) is 3.87. The zero-order valence-corrected chi connectivity index (χ0v) is 12.9. The number of hydrogen-bond acceptors (Lipinski definition) is 3. The Bertz CT molecular complexity index is 511. The van der Waals surface area contributed by atoms with E-state index < -0.39 is 0 Å². The van der Waals surface area contributed by atoms with E-state index in [0.717, 1.165) is 17.2 Å². The van der Waals surface area contributed by atoms with Crippen LogP contribution in [-0.2, 0) is 6.42 Å². The highest BCUT2D eigenvalue weighted by Gasteiger charge is 2.09. The molecule has 0 amide bonds. The fourth-order valence-corrected chi connectivity index (χ4v) is 3.25. The first-order chi connectivity index (χ1) is 9.20. The molecule has 0 saturated carbocycles. The molecule has 0 unspecified atom stereocenters. The SMILES string of the molecule is CCCCCCc1ccsc1-c1cc(C)nc(C)n1. The molecule has 19 heavy (non-hydrogen) atoms. The Morgan fingerprint density at radius 1 is 1.11 bits per heavy atom. The van der Waals surface area contributed by atoms with Gasteiger partial charge in [0.1, 0.15) is 5.82 Å². The largest absolute Gasteiger partial charge is 0.239 e. The van der Waals surface area contributed by atoms with Gasteiger partial charge in [-0.25, -0.2) is 9.97 Å². The van der Waals surface area contributed by atoms with E-state index >= 15 is 0 Å². The van der Waals surface area contributed by atoms with Crippen molar-refractivity contribution in [1.29, 1.82) is 0 Å². The molecule has 2 aromatic rings. The molecule has 0 aliphatic carbocycles. The topological polar surface area (TPSA) is 25.8 Å². The number of aryl methyl sites for hydroxylation is 3. The number of unbranched alkanes of at least 4 members (excludes halogenated alkanes) is 3. The molecule has 0 atom stereocenters. The Balaban J connectivity index is 2.14. The van der Waals surface area contributed by atoms with Gasteiger partial charge in [0.15, 0.2) is 0 Å². The fraction of sp³-hybridized carbons (Fsp3) is 0.500. The Morgan fingerprint density at radius 3 is 2.68 bits per heavy atom. The summed E-state index contributed by atoms with van der Waals surface area (Å²) in [7, 11) is 0. The van der Waals surface area contributed by atoms with E-state index in [2.05, 4.69) is 34.4 Å². The summed E-state index contributed by atoms with van der Waals surface area (Å²) in [5.74, 6) is 0.861. The van der Waals surface area contributed by atoms with Crippen molar-refractivity contribution in [2.45, 2.75) is 52.9 Å². The molecule has 0 bridgehead atoms. The zero-order chi connectivity index (χ0) is 13.7. The van der Waals surface area contributed by atoms with Crippen LogP contribution in [0.25, 0.3) is 10.6 Å². The van der Waals surface area contributed by atoms with Crippen LogP contribution in [0.5, 0.6) is 0 Å². The van der Waals surface area contributed by atoms with Gasteiger partial charge >= 0.3 is 0 Å². The lowest BCUT2D eigenvalue weighted by Gasteiger charge is -2.05. The van der Waals surface area contributed by atoms with Gasteiger partial charge in [0, 0.05) is 5.69 Å². The van der Waals surface area contributed by atoms with Crippen molar-refractivity contribution >= 4 is 11.3 Å². The highest BCUT2D eigenvalue weighted by Crippen LogP contribution is 2.29. The highest BCUT2D eigenvalue weighted by atomic mass is 32.1. The van der Waals surface area contributed by atoms with Gasteiger partial charge in [0.2, 0.25) is 0 Å². The maximum atomic E-state index is 4.58. The van der Waals surface area contributed by atoms with Crippen LogP contribution in [0.1, 0.15) is 49.7 Å². The summed E-state index contributed by atoms with van der Waals surface area (Å²) >= 11 is 1.79. The summed E-state index contributed by atoms with van der Waals surface area (Å²) in [6.45, 7) is 6.25. The van der Waals surface area contributed by atoms with E-state index in [-0.39, 0.29) is 0 Å². The second-order valence-corrected chi connectivity index (χ2v) is 5.94. The minimum absolute atomic E-state index is 0.861. The van der Waals surface area contributed by atoms with Gasteiger partial charge in [-0.1, -0.05) is 26.2 Å². The summed E-state index contributed by atoms with van der Waals surface area (Å²) in [6.07, 6.45) is 6.40. The summed E-state index contributed by atoms with van der Waals surface area (Å²) in [6, 6.07) is 4.34. The van der Waals surface area contributed by atoms with E-state index in [1.54, 1.807) is 11.3 Å². The quantitative estimate of drug-likeness (QED) is 0.697. The fourth-order valence-electron chi connectivity index (χ4n) is 2.33. The third-order valence-electron chi connectivity index (χ3n) is 3.25.